The van der Waals surface area contributed by atoms with Gasteiger partial charge >= 0.3 is 49.4 Å². The van der Waals surface area contributed by atoms with E-state index in [1.165, 1.54) is 18.2 Å². The van der Waals surface area contributed by atoms with Gasteiger partial charge in [-0.25, -0.2) is 0 Å². The average Bonchev–Trinajstić information content (AvgIpc) is 3.92. The predicted molar refractivity (Wildman–Crippen MR) is 281 cm³/mol. The van der Waals surface area contributed by atoms with Crippen molar-refractivity contribution >= 4 is 17.3 Å². The van der Waals surface area contributed by atoms with Crippen LogP contribution in [0.25, 0.3) is 0 Å². The van der Waals surface area contributed by atoms with Crippen LogP contribution in [0.4, 0.5) is 0 Å². The SMILES string of the molecule is CC1CCC(C)(C(=O)/C=C(/[O-])C2(C)CCC(C)C2(C)C)C1(C)C.CC1CCC(C)(C(=O)/C=C(\[O-])C2(C)CCC(C)C2(C)C)C1(C)C.CC1CCC(C)(C(=O)/C=C(\[O-])C2(C)CCC(C)C2(C)C)C1(C)C.[Eu+3]. The molecule has 400 valence electrons. The number of hydrogen-bond donors (Lipinski definition) is 0. The van der Waals surface area contributed by atoms with E-state index >= 15 is 0 Å². The van der Waals surface area contributed by atoms with Crippen LogP contribution in [-0.2, 0) is 14.4 Å². The van der Waals surface area contributed by atoms with Gasteiger partial charge in [0.25, 0.3) is 0 Å². The summed E-state index contributed by atoms with van der Waals surface area (Å²) < 4.78 is 0. The molecule has 0 radical (unpaired) electrons. The van der Waals surface area contributed by atoms with Gasteiger partial charge < -0.3 is 15.3 Å². The predicted octanol–water partition coefficient (Wildman–Crippen LogP) is 14.2. The van der Waals surface area contributed by atoms with Gasteiger partial charge in [-0.15, -0.1) is 17.3 Å². The molecule has 0 saturated heterocycles. The summed E-state index contributed by atoms with van der Waals surface area (Å²) in [7, 11) is 0. The molecule has 0 aromatic rings. The summed E-state index contributed by atoms with van der Waals surface area (Å²) in [6.07, 6.45) is 16.1. The summed E-state index contributed by atoms with van der Waals surface area (Å²) in [5.74, 6) is 3.37. The maximum absolute atomic E-state index is 13.1. The molecule has 12 unspecified atom stereocenters. The van der Waals surface area contributed by atoms with Crippen LogP contribution in [0.1, 0.15) is 243 Å². The average molecular weight is 1110 g/mol. The van der Waals surface area contributed by atoms with Crippen LogP contribution in [-0.4, -0.2) is 17.3 Å². The van der Waals surface area contributed by atoms with Crippen molar-refractivity contribution in [3.63, 3.8) is 0 Å². The molecule has 0 amide bonds. The first-order valence-electron chi connectivity index (χ1n) is 27.7. The zero-order chi connectivity index (χ0) is 53.5. The van der Waals surface area contributed by atoms with E-state index in [0.29, 0.717) is 35.5 Å². The Balaban J connectivity index is 0.000000276. The van der Waals surface area contributed by atoms with Crippen LogP contribution in [0.15, 0.2) is 35.5 Å². The van der Waals surface area contributed by atoms with Crippen molar-refractivity contribution in [2.75, 3.05) is 0 Å². The van der Waals surface area contributed by atoms with Gasteiger partial charge in [0.2, 0.25) is 0 Å². The molecule has 12 atom stereocenters. The molecule has 0 N–H and O–H groups in total. The second-order valence-corrected chi connectivity index (χ2v) is 29.6. The molecular formula is C63H105EuO6. The van der Waals surface area contributed by atoms with Gasteiger partial charge in [-0.2, -0.15) is 0 Å². The summed E-state index contributed by atoms with van der Waals surface area (Å²) >= 11 is 0. The van der Waals surface area contributed by atoms with E-state index in [4.69, 9.17) is 0 Å². The number of hydrogen-bond acceptors (Lipinski definition) is 6. The number of carbonyl (C=O) groups is 3. The van der Waals surface area contributed by atoms with Crippen molar-refractivity contribution in [3.8, 4) is 0 Å². The van der Waals surface area contributed by atoms with Crippen molar-refractivity contribution in [1.29, 1.82) is 0 Å². The van der Waals surface area contributed by atoms with Gasteiger partial charge in [0.05, 0.1) is 0 Å². The van der Waals surface area contributed by atoms with E-state index in [1.807, 2.05) is 0 Å². The van der Waals surface area contributed by atoms with Gasteiger partial charge in [-0.05, 0) is 180 Å². The molecule has 6 saturated carbocycles. The smallest absolute Gasteiger partial charge is 0.875 e. The van der Waals surface area contributed by atoms with E-state index in [9.17, 15) is 29.7 Å². The molecule has 6 nitrogen and oxygen atoms in total. The molecular weight excluding hydrogens is 1000 g/mol. The second-order valence-electron chi connectivity index (χ2n) is 29.6. The van der Waals surface area contributed by atoms with Crippen molar-refractivity contribution in [2.24, 2.45) is 100 Å². The Bertz CT molecular complexity index is 1820. The fourth-order valence-electron chi connectivity index (χ4n) is 14.3. The van der Waals surface area contributed by atoms with Crippen LogP contribution < -0.4 is 15.3 Å². The molecule has 6 aliphatic rings. The molecule has 6 fully saturated rings. The van der Waals surface area contributed by atoms with E-state index < -0.39 is 32.5 Å². The fraction of sp³-hybridized carbons (Fsp3) is 0.857. The summed E-state index contributed by atoms with van der Waals surface area (Å²) in [5, 5.41) is 39.2. The van der Waals surface area contributed by atoms with E-state index in [-0.39, 0.29) is 116 Å². The van der Waals surface area contributed by atoms with Gasteiger partial charge in [0, 0.05) is 16.2 Å². The van der Waals surface area contributed by atoms with E-state index in [1.54, 1.807) is 0 Å². The summed E-state index contributed by atoms with van der Waals surface area (Å²) in [6.45, 7) is 51.9. The third-order valence-corrected chi connectivity index (χ3v) is 26.4. The topological polar surface area (TPSA) is 120 Å². The minimum atomic E-state index is -0.410. The Kier molecular flexibility index (Phi) is 18.7. The number of carbonyl (C=O) groups excluding carboxylic acids is 3. The van der Waals surface area contributed by atoms with Crippen LogP contribution in [0.3, 0.4) is 0 Å². The van der Waals surface area contributed by atoms with Gasteiger partial charge in [0.1, 0.15) is 0 Å². The Morgan fingerprint density at radius 2 is 0.429 bits per heavy atom. The zero-order valence-corrected chi connectivity index (χ0v) is 51.9. The normalized spacial score (nSPS) is 42.3. The van der Waals surface area contributed by atoms with Gasteiger partial charge in [-0.3, -0.25) is 14.4 Å². The van der Waals surface area contributed by atoms with Crippen molar-refractivity contribution in [1.82, 2.24) is 0 Å². The standard InChI is InChI=1S/3C21H36O2.Eu/c3*1-14-9-11-20(7,18(14,3)4)16(22)13-17(23)21(8)12-10-15(2)19(21,5)6;/h3*13-15,22H,9-12H2,1-8H3;/q;;;+3/p-3/b16-13+;2*16-13-;. The quantitative estimate of drug-likeness (QED) is 0.167. The third kappa shape index (κ3) is 9.82. The van der Waals surface area contributed by atoms with Crippen LogP contribution in [0.5, 0.6) is 0 Å². The summed E-state index contributed by atoms with van der Waals surface area (Å²) in [5.41, 5.74) is -2.79. The Morgan fingerprint density at radius 1 is 0.300 bits per heavy atom. The second kappa shape index (κ2) is 20.6. The molecule has 6 rings (SSSR count). The maximum Gasteiger partial charge on any atom is 3.00 e. The fourth-order valence-corrected chi connectivity index (χ4v) is 14.3. The molecule has 0 aliphatic heterocycles. The van der Waals surface area contributed by atoms with Crippen LogP contribution >= 0.6 is 0 Å². The minimum Gasteiger partial charge on any atom is -0.875 e. The van der Waals surface area contributed by atoms with Gasteiger partial charge in [0.15, 0.2) is 17.3 Å². The Morgan fingerprint density at radius 3 is 0.543 bits per heavy atom. The van der Waals surface area contributed by atoms with Crippen LogP contribution in [0.2, 0.25) is 0 Å². The minimum absolute atomic E-state index is 0. The first-order chi connectivity index (χ1) is 30.9. The Labute approximate surface area is 471 Å². The number of rotatable bonds is 9. The largest absolute Gasteiger partial charge is 3.00 e. The van der Waals surface area contributed by atoms with E-state index in [2.05, 4.69) is 166 Å². The molecule has 6 aliphatic carbocycles. The van der Waals surface area contributed by atoms with Crippen molar-refractivity contribution < 1.29 is 79.1 Å². The number of allylic oxidation sites excluding steroid dienone is 6. The molecule has 70 heavy (non-hydrogen) atoms. The summed E-state index contributed by atoms with van der Waals surface area (Å²) in [4.78, 5) is 39.2. The van der Waals surface area contributed by atoms with Crippen LogP contribution in [0, 0.1) is 150 Å². The van der Waals surface area contributed by atoms with Gasteiger partial charge in [-0.1, -0.05) is 166 Å². The molecule has 0 aromatic heterocycles. The zero-order valence-electron chi connectivity index (χ0n) is 49.5. The Hall–Kier alpha value is -0.786. The molecule has 0 bridgehead atoms. The molecule has 0 spiro atoms. The monoisotopic (exact) mass is 1110 g/mol. The molecule has 0 heterocycles. The molecule has 7 heteroatoms. The third-order valence-electron chi connectivity index (χ3n) is 26.4. The maximum atomic E-state index is 13.1. The summed E-state index contributed by atoms with van der Waals surface area (Å²) in [6, 6.07) is 0. The first kappa shape index (κ1) is 63.5. The van der Waals surface area contributed by atoms with E-state index in [0.717, 1.165) is 77.0 Å². The van der Waals surface area contributed by atoms with Crippen molar-refractivity contribution in [2.45, 2.75) is 243 Å². The van der Waals surface area contributed by atoms with Crippen molar-refractivity contribution in [3.05, 3.63) is 35.5 Å². The first-order valence-corrected chi connectivity index (χ1v) is 27.7. The molecule has 0 aromatic carbocycles. The number of ketones is 3.